The SMILES string of the molecule is COC(=O)CCc1ccc(N)cc1C(=O)NCC(=O)NCC(=O)NCCOCCOCCOCCOCCOCCOCCOCCOCCOCCOCCOCCOCCC(=O)N[C@@H](CCC(=O)OC(C)(C)C)C(=O)OC(C)(C)C. The Morgan fingerprint density at radius 1 is 0.451 bits per heavy atom. The number of hydrogen-bond acceptors (Lipinski definition) is 23. The molecule has 0 aliphatic rings. The summed E-state index contributed by atoms with van der Waals surface area (Å²) in [5, 5.41) is 10.2. The van der Waals surface area contributed by atoms with Crippen LogP contribution in [0.25, 0.3) is 0 Å². The molecule has 0 heterocycles. The molecule has 0 aliphatic heterocycles. The first kappa shape index (κ1) is 74.8. The van der Waals surface area contributed by atoms with E-state index in [-0.39, 0.29) is 77.1 Å². The second kappa shape index (κ2) is 48.2. The van der Waals surface area contributed by atoms with Crippen LogP contribution in [-0.4, -0.2) is 244 Å². The van der Waals surface area contributed by atoms with Gasteiger partial charge in [-0.05, 0) is 72.1 Å². The van der Waals surface area contributed by atoms with Gasteiger partial charge in [-0.3, -0.25) is 28.8 Å². The summed E-state index contributed by atoms with van der Waals surface area (Å²) < 4.78 is 81.3. The van der Waals surface area contributed by atoms with Crippen molar-refractivity contribution in [2.24, 2.45) is 0 Å². The Kier molecular flexibility index (Phi) is 44.0. The Labute approximate surface area is 483 Å². The molecule has 0 radical (unpaired) electrons. The molecular formula is C55H95N5O22. The summed E-state index contributed by atoms with van der Waals surface area (Å²) in [7, 11) is 1.28. The van der Waals surface area contributed by atoms with Gasteiger partial charge in [0.05, 0.1) is 179 Å². The molecule has 472 valence electrons. The lowest BCUT2D eigenvalue weighted by Crippen LogP contribution is -2.44. The van der Waals surface area contributed by atoms with E-state index in [1.165, 1.54) is 13.2 Å². The van der Waals surface area contributed by atoms with E-state index in [1.54, 1.807) is 53.7 Å². The van der Waals surface area contributed by atoms with Gasteiger partial charge < -0.3 is 98.1 Å². The average molecular weight is 1180 g/mol. The fourth-order valence-corrected chi connectivity index (χ4v) is 6.41. The number of nitrogens with one attached hydrogen (secondary N) is 4. The number of carbonyl (C=O) groups excluding carboxylic acids is 7. The largest absolute Gasteiger partial charge is 0.469 e. The quantitative estimate of drug-likeness (QED) is 0.0262. The fourth-order valence-electron chi connectivity index (χ4n) is 6.41. The molecule has 1 aromatic carbocycles. The van der Waals surface area contributed by atoms with E-state index in [4.69, 9.17) is 72.0 Å². The number of carbonyl (C=O) groups is 7. The highest BCUT2D eigenvalue weighted by atomic mass is 16.6. The molecule has 6 N–H and O–H groups in total. The molecule has 0 saturated heterocycles. The molecule has 0 aromatic heterocycles. The zero-order chi connectivity index (χ0) is 60.5. The van der Waals surface area contributed by atoms with E-state index in [2.05, 4.69) is 26.0 Å². The van der Waals surface area contributed by atoms with Crippen molar-refractivity contribution in [3.63, 3.8) is 0 Å². The smallest absolute Gasteiger partial charge is 0.329 e. The summed E-state index contributed by atoms with van der Waals surface area (Å²) in [6.07, 6.45) is 0.347. The molecule has 27 nitrogen and oxygen atoms in total. The molecule has 27 heteroatoms. The van der Waals surface area contributed by atoms with Crippen molar-refractivity contribution < 1.29 is 105 Å². The van der Waals surface area contributed by atoms with Crippen LogP contribution in [0.2, 0.25) is 0 Å². The lowest BCUT2D eigenvalue weighted by atomic mass is 10.0. The third-order valence-electron chi connectivity index (χ3n) is 10.3. The van der Waals surface area contributed by atoms with Crippen molar-refractivity contribution >= 4 is 47.2 Å². The number of benzene rings is 1. The fraction of sp³-hybridized carbons (Fsp3) is 0.764. The normalized spacial score (nSPS) is 11.9. The van der Waals surface area contributed by atoms with Gasteiger partial charge in [0.25, 0.3) is 5.91 Å². The third kappa shape index (κ3) is 46.3. The van der Waals surface area contributed by atoms with Crippen LogP contribution in [0.5, 0.6) is 0 Å². The lowest BCUT2D eigenvalue weighted by molar-refractivity contribution is -0.160. The van der Waals surface area contributed by atoms with Crippen LogP contribution in [0.15, 0.2) is 18.2 Å². The summed E-state index contributed by atoms with van der Waals surface area (Å²) in [5.74, 6) is -3.44. The van der Waals surface area contributed by atoms with E-state index in [1.807, 2.05) is 0 Å². The van der Waals surface area contributed by atoms with Crippen LogP contribution < -0.4 is 27.0 Å². The molecule has 0 fully saturated rings. The van der Waals surface area contributed by atoms with Gasteiger partial charge in [-0.1, -0.05) is 6.07 Å². The van der Waals surface area contributed by atoms with Crippen molar-refractivity contribution in [1.82, 2.24) is 21.3 Å². The van der Waals surface area contributed by atoms with Crippen molar-refractivity contribution in [2.75, 3.05) is 191 Å². The molecule has 1 rings (SSSR count). The molecule has 0 aliphatic carbocycles. The number of aryl methyl sites for hydroxylation is 1. The predicted molar refractivity (Wildman–Crippen MR) is 297 cm³/mol. The molecule has 4 amide bonds. The molecular weight excluding hydrogens is 1080 g/mol. The van der Waals surface area contributed by atoms with Crippen LogP contribution in [0.1, 0.15) is 83.1 Å². The topological polar surface area (TPSA) is 332 Å². The first-order chi connectivity index (χ1) is 39.3. The second-order valence-electron chi connectivity index (χ2n) is 19.7. The Balaban J connectivity index is 1.81. The summed E-state index contributed by atoms with van der Waals surface area (Å²) in [5.41, 5.74) is 5.57. The number of nitrogens with two attached hydrogens (primary N) is 1. The number of methoxy groups -OCH3 is 1. The highest BCUT2D eigenvalue weighted by molar-refractivity contribution is 5.99. The van der Waals surface area contributed by atoms with Crippen LogP contribution in [0, 0.1) is 0 Å². The Morgan fingerprint density at radius 2 is 0.841 bits per heavy atom. The van der Waals surface area contributed by atoms with Gasteiger partial charge in [0.1, 0.15) is 17.2 Å². The van der Waals surface area contributed by atoms with Crippen LogP contribution in [0.3, 0.4) is 0 Å². The Hall–Kier alpha value is -5.17. The molecule has 0 bridgehead atoms. The second-order valence-corrected chi connectivity index (χ2v) is 19.7. The highest BCUT2D eigenvalue weighted by Gasteiger charge is 2.28. The summed E-state index contributed by atoms with van der Waals surface area (Å²) in [6.45, 7) is 19.2. The van der Waals surface area contributed by atoms with E-state index >= 15 is 0 Å². The molecule has 1 aromatic rings. The summed E-state index contributed by atoms with van der Waals surface area (Å²) in [4.78, 5) is 85.9. The van der Waals surface area contributed by atoms with Gasteiger partial charge in [-0.2, -0.15) is 0 Å². The van der Waals surface area contributed by atoms with Crippen molar-refractivity contribution in [1.29, 1.82) is 0 Å². The standard InChI is InChI=1S/C55H95N5O22/c1-54(2,3)81-51(65)13-11-46(53(67)82-55(4,5)6)60-47(61)14-16-69-18-20-71-22-24-73-26-28-75-30-32-77-34-36-79-38-39-80-37-35-78-33-31-76-29-27-74-25-23-72-21-19-70-17-15-57-48(62)41-58-49(63)42-59-52(66)45-40-44(56)10-8-43(45)9-12-50(64)68-7/h8,10,40,46H,9,11-39,41-42,56H2,1-7H3,(H,57,62)(H,58,63)(H,59,66)(H,60,61)/t46-/m0/s1. The highest BCUT2D eigenvalue weighted by Crippen LogP contribution is 2.17. The molecule has 1 atom stereocenters. The van der Waals surface area contributed by atoms with Gasteiger partial charge in [-0.25, -0.2) is 4.79 Å². The first-order valence-electron chi connectivity index (χ1n) is 27.7. The van der Waals surface area contributed by atoms with Crippen molar-refractivity contribution in [3.05, 3.63) is 29.3 Å². The Bertz CT molecular complexity index is 1900. The van der Waals surface area contributed by atoms with Gasteiger partial charge in [-0.15, -0.1) is 0 Å². The van der Waals surface area contributed by atoms with Crippen LogP contribution in [0.4, 0.5) is 5.69 Å². The van der Waals surface area contributed by atoms with Gasteiger partial charge in [0.2, 0.25) is 17.7 Å². The lowest BCUT2D eigenvalue weighted by Gasteiger charge is -2.25. The van der Waals surface area contributed by atoms with Gasteiger partial charge in [0.15, 0.2) is 0 Å². The van der Waals surface area contributed by atoms with Gasteiger partial charge >= 0.3 is 17.9 Å². The minimum Gasteiger partial charge on any atom is -0.469 e. The number of amides is 4. The summed E-state index contributed by atoms with van der Waals surface area (Å²) in [6, 6.07) is 3.72. The molecule has 0 spiro atoms. The maximum absolute atomic E-state index is 12.7. The zero-order valence-corrected chi connectivity index (χ0v) is 49.5. The van der Waals surface area contributed by atoms with Crippen molar-refractivity contribution in [3.8, 4) is 0 Å². The first-order valence-corrected chi connectivity index (χ1v) is 27.7. The van der Waals surface area contributed by atoms with Crippen molar-refractivity contribution in [2.45, 2.75) is 90.9 Å². The van der Waals surface area contributed by atoms with Crippen LogP contribution >= 0.6 is 0 Å². The molecule has 0 unspecified atom stereocenters. The van der Waals surface area contributed by atoms with Crippen LogP contribution in [-0.2, 0) is 106 Å². The number of rotatable bonds is 52. The number of ether oxygens (including phenoxy) is 15. The minimum atomic E-state index is -0.996. The molecule has 82 heavy (non-hydrogen) atoms. The predicted octanol–water partition coefficient (Wildman–Crippen LogP) is 0.874. The van der Waals surface area contributed by atoms with Gasteiger partial charge in [0, 0.05) is 37.1 Å². The van der Waals surface area contributed by atoms with E-state index < -0.39 is 58.8 Å². The monoisotopic (exact) mass is 1180 g/mol. The average Bonchev–Trinajstić information content (AvgIpc) is 3.43. The number of nitrogen functional groups attached to an aromatic ring is 1. The minimum absolute atomic E-state index is 0.0175. The Morgan fingerprint density at radius 3 is 1.26 bits per heavy atom. The molecule has 0 saturated carbocycles. The third-order valence-corrected chi connectivity index (χ3v) is 10.3. The summed E-state index contributed by atoms with van der Waals surface area (Å²) >= 11 is 0. The number of anilines is 1. The van der Waals surface area contributed by atoms with E-state index in [0.717, 1.165) is 0 Å². The maximum Gasteiger partial charge on any atom is 0.329 e. The number of esters is 3. The zero-order valence-electron chi connectivity index (χ0n) is 49.5. The maximum atomic E-state index is 12.7. The van der Waals surface area contributed by atoms with E-state index in [0.29, 0.717) is 150 Å². The number of hydrogen-bond donors (Lipinski definition) is 5. The van der Waals surface area contributed by atoms with E-state index in [9.17, 15) is 33.6 Å².